The first-order chi connectivity index (χ1) is 11.6. The molecule has 2 aromatic rings. The third kappa shape index (κ3) is 4.26. The van der Waals surface area contributed by atoms with Gasteiger partial charge in [-0.25, -0.2) is 5.43 Å². The number of hydrazone groups is 1. The molecule has 0 unspecified atom stereocenters. The zero-order valence-corrected chi connectivity index (χ0v) is 15.1. The summed E-state index contributed by atoms with van der Waals surface area (Å²) in [5, 5.41) is 3.96. The van der Waals surface area contributed by atoms with E-state index in [4.69, 9.17) is 14.2 Å². The van der Waals surface area contributed by atoms with Gasteiger partial charge in [0, 0.05) is 4.47 Å². The zero-order chi connectivity index (χ0) is 17.5. The van der Waals surface area contributed by atoms with E-state index in [0.29, 0.717) is 22.8 Å². The second-order valence-electron chi connectivity index (χ2n) is 4.66. The first-order valence-electron chi connectivity index (χ1n) is 6.98. The smallest absolute Gasteiger partial charge is 0.275 e. The number of hydrogen-bond acceptors (Lipinski definition) is 5. The van der Waals surface area contributed by atoms with Crippen LogP contribution in [0.25, 0.3) is 0 Å². The normalized spacial score (nSPS) is 10.5. The molecule has 0 fully saturated rings. The van der Waals surface area contributed by atoms with E-state index in [0.717, 1.165) is 10.0 Å². The van der Waals surface area contributed by atoms with Crippen LogP contribution in [0.3, 0.4) is 0 Å². The Hall–Kier alpha value is -2.54. The first-order valence-corrected chi connectivity index (χ1v) is 7.77. The minimum Gasteiger partial charge on any atom is -0.496 e. The molecule has 1 amide bonds. The van der Waals surface area contributed by atoms with E-state index >= 15 is 0 Å². The van der Waals surface area contributed by atoms with E-state index in [-0.39, 0.29) is 5.91 Å². The van der Waals surface area contributed by atoms with Gasteiger partial charge in [-0.05, 0) is 42.0 Å². The summed E-state index contributed by atoms with van der Waals surface area (Å²) in [5.74, 6) is 1.31. The van der Waals surface area contributed by atoms with Gasteiger partial charge in [0.1, 0.15) is 5.75 Å². The molecule has 24 heavy (non-hydrogen) atoms. The second-order valence-corrected chi connectivity index (χ2v) is 5.57. The summed E-state index contributed by atoms with van der Waals surface area (Å²) >= 11 is 3.33. The van der Waals surface area contributed by atoms with Crippen molar-refractivity contribution in [3.63, 3.8) is 0 Å². The second kappa shape index (κ2) is 8.35. The molecule has 0 aliphatic heterocycles. The Kier molecular flexibility index (Phi) is 6.20. The summed E-state index contributed by atoms with van der Waals surface area (Å²) in [6, 6.07) is 10.5. The highest BCUT2D eigenvalue weighted by atomic mass is 79.9. The topological polar surface area (TPSA) is 69.2 Å². The van der Waals surface area contributed by atoms with Crippen molar-refractivity contribution in [2.75, 3.05) is 21.3 Å². The summed E-state index contributed by atoms with van der Waals surface area (Å²) in [4.78, 5) is 12.2. The van der Waals surface area contributed by atoms with Crippen LogP contribution in [-0.4, -0.2) is 33.5 Å². The van der Waals surface area contributed by atoms with Crippen molar-refractivity contribution in [2.45, 2.75) is 0 Å². The quantitative estimate of drug-likeness (QED) is 0.605. The van der Waals surface area contributed by atoms with E-state index in [1.54, 1.807) is 50.6 Å². The highest BCUT2D eigenvalue weighted by molar-refractivity contribution is 9.10. The van der Waals surface area contributed by atoms with Gasteiger partial charge in [-0.3, -0.25) is 4.79 Å². The predicted octanol–water partition coefficient (Wildman–Crippen LogP) is 3.24. The van der Waals surface area contributed by atoms with Crippen molar-refractivity contribution in [3.05, 3.63) is 52.0 Å². The van der Waals surface area contributed by atoms with Crippen molar-refractivity contribution in [3.8, 4) is 17.2 Å². The molecular weight excluding hydrogens is 376 g/mol. The van der Waals surface area contributed by atoms with Crippen LogP contribution in [0.4, 0.5) is 0 Å². The van der Waals surface area contributed by atoms with Crippen molar-refractivity contribution < 1.29 is 19.0 Å². The lowest BCUT2D eigenvalue weighted by Crippen LogP contribution is -2.18. The molecule has 0 saturated heterocycles. The number of nitrogens with zero attached hydrogens (tertiary/aromatic N) is 1. The van der Waals surface area contributed by atoms with Gasteiger partial charge >= 0.3 is 0 Å². The van der Waals surface area contributed by atoms with Gasteiger partial charge in [0.15, 0.2) is 11.5 Å². The Labute approximate surface area is 148 Å². The van der Waals surface area contributed by atoms with Crippen LogP contribution >= 0.6 is 15.9 Å². The highest BCUT2D eigenvalue weighted by Crippen LogP contribution is 2.27. The van der Waals surface area contributed by atoms with Gasteiger partial charge in [0.25, 0.3) is 5.91 Å². The van der Waals surface area contributed by atoms with Crippen LogP contribution in [0.5, 0.6) is 17.2 Å². The molecule has 2 aromatic carbocycles. The Morgan fingerprint density at radius 3 is 2.33 bits per heavy atom. The van der Waals surface area contributed by atoms with Crippen molar-refractivity contribution in [1.29, 1.82) is 0 Å². The number of methoxy groups -OCH3 is 3. The first kappa shape index (κ1) is 17.8. The fourth-order valence-corrected chi connectivity index (χ4v) is 2.38. The zero-order valence-electron chi connectivity index (χ0n) is 13.5. The highest BCUT2D eigenvalue weighted by Gasteiger charge is 2.12. The van der Waals surface area contributed by atoms with Crippen LogP contribution < -0.4 is 19.6 Å². The monoisotopic (exact) mass is 392 g/mol. The molecule has 0 radical (unpaired) electrons. The molecule has 2 rings (SSSR count). The fourth-order valence-electron chi connectivity index (χ4n) is 2.02. The minimum absolute atomic E-state index is 0.370. The Balaban J connectivity index is 2.11. The van der Waals surface area contributed by atoms with E-state index in [2.05, 4.69) is 26.5 Å². The van der Waals surface area contributed by atoms with Gasteiger partial charge in [-0.15, -0.1) is 0 Å². The lowest BCUT2D eigenvalue weighted by molar-refractivity contribution is 0.0952. The van der Waals surface area contributed by atoms with Gasteiger partial charge < -0.3 is 14.2 Å². The predicted molar refractivity (Wildman–Crippen MR) is 95.3 cm³/mol. The molecule has 0 heterocycles. The van der Waals surface area contributed by atoms with Crippen LogP contribution in [0, 0.1) is 0 Å². The van der Waals surface area contributed by atoms with E-state index in [9.17, 15) is 4.79 Å². The van der Waals surface area contributed by atoms with E-state index in [1.807, 2.05) is 0 Å². The number of rotatable bonds is 6. The summed E-state index contributed by atoms with van der Waals surface area (Å²) in [6.45, 7) is 0. The molecule has 0 bridgehead atoms. The van der Waals surface area contributed by atoms with Crippen LogP contribution in [-0.2, 0) is 0 Å². The van der Waals surface area contributed by atoms with Crippen molar-refractivity contribution in [2.24, 2.45) is 5.10 Å². The SMILES string of the molecule is COc1ccc(/C=N/NC(=O)c2cc(Br)ccc2OC)cc1OC. The Morgan fingerprint density at radius 2 is 1.67 bits per heavy atom. The van der Waals surface area contributed by atoms with E-state index in [1.165, 1.54) is 13.3 Å². The lowest BCUT2D eigenvalue weighted by Gasteiger charge is -2.08. The van der Waals surface area contributed by atoms with Crippen LogP contribution in [0.2, 0.25) is 0 Å². The molecule has 0 aliphatic rings. The average molecular weight is 393 g/mol. The maximum atomic E-state index is 12.2. The summed E-state index contributed by atoms with van der Waals surface area (Å²) < 4.78 is 16.3. The van der Waals surface area contributed by atoms with Crippen molar-refractivity contribution >= 4 is 28.1 Å². The van der Waals surface area contributed by atoms with Crippen LogP contribution in [0.1, 0.15) is 15.9 Å². The third-order valence-corrected chi connectivity index (χ3v) is 3.69. The summed E-state index contributed by atoms with van der Waals surface area (Å²) in [5.41, 5.74) is 3.62. The molecule has 0 aromatic heterocycles. The third-order valence-electron chi connectivity index (χ3n) is 3.19. The molecule has 0 saturated carbocycles. The summed E-state index contributed by atoms with van der Waals surface area (Å²) in [7, 11) is 4.63. The maximum absolute atomic E-state index is 12.2. The molecule has 0 atom stereocenters. The number of hydrogen-bond donors (Lipinski definition) is 1. The molecule has 7 heteroatoms. The number of ether oxygens (including phenoxy) is 3. The van der Waals surface area contributed by atoms with E-state index < -0.39 is 0 Å². The molecule has 0 aliphatic carbocycles. The standard InChI is InChI=1S/C17H17BrN2O4/c1-22-14-7-5-12(18)9-13(14)17(21)20-19-10-11-4-6-15(23-2)16(8-11)24-3/h4-10H,1-3H3,(H,20,21)/b19-10+. The Bertz CT molecular complexity index is 762. The van der Waals surface area contributed by atoms with Gasteiger partial charge in [0.2, 0.25) is 0 Å². The van der Waals surface area contributed by atoms with Gasteiger partial charge in [-0.2, -0.15) is 5.10 Å². The molecule has 0 spiro atoms. The fraction of sp³-hybridized carbons (Fsp3) is 0.176. The number of carbonyl (C=O) groups excluding carboxylic acids is 1. The molecule has 1 N–H and O–H groups in total. The molecular formula is C17H17BrN2O4. The maximum Gasteiger partial charge on any atom is 0.275 e. The summed E-state index contributed by atoms with van der Waals surface area (Å²) in [6.07, 6.45) is 1.52. The Morgan fingerprint density at radius 1 is 1.00 bits per heavy atom. The number of amides is 1. The number of carbonyl (C=O) groups is 1. The minimum atomic E-state index is -0.370. The largest absolute Gasteiger partial charge is 0.496 e. The van der Waals surface area contributed by atoms with Gasteiger partial charge in [-0.1, -0.05) is 15.9 Å². The van der Waals surface area contributed by atoms with Crippen LogP contribution in [0.15, 0.2) is 46.0 Å². The number of benzene rings is 2. The van der Waals surface area contributed by atoms with Gasteiger partial charge in [0.05, 0.1) is 33.1 Å². The average Bonchev–Trinajstić information content (AvgIpc) is 2.61. The number of nitrogens with one attached hydrogen (secondary N) is 1. The molecule has 126 valence electrons. The lowest BCUT2D eigenvalue weighted by atomic mass is 10.2. The van der Waals surface area contributed by atoms with Crippen molar-refractivity contribution in [1.82, 2.24) is 5.43 Å². The molecule has 6 nitrogen and oxygen atoms in total. The number of halogens is 1.